The Bertz CT molecular complexity index is 977. The Morgan fingerprint density at radius 2 is 1.81 bits per heavy atom. The van der Waals surface area contributed by atoms with Crippen LogP contribution in [0.5, 0.6) is 5.75 Å². The van der Waals surface area contributed by atoms with Crippen LogP contribution in [0.3, 0.4) is 0 Å². The molecule has 1 aliphatic heterocycles. The van der Waals surface area contributed by atoms with Crippen LogP contribution in [0.15, 0.2) is 42.6 Å². The molecule has 134 valence electrons. The number of nitrogens with zero attached hydrogens (tertiary/aromatic N) is 4. The minimum Gasteiger partial charge on any atom is -0.505 e. The maximum Gasteiger partial charge on any atom is 0.219 e. The minimum absolute atomic E-state index is 0.115. The lowest BCUT2D eigenvalue weighted by atomic mass is 10.2. The molecule has 0 bridgehead atoms. The van der Waals surface area contributed by atoms with Gasteiger partial charge in [0.05, 0.1) is 17.4 Å². The van der Waals surface area contributed by atoms with Crippen molar-refractivity contribution in [2.75, 3.05) is 31.1 Å². The highest BCUT2D eigenvalue weighted by Gasteiger charge is 2.19. The average molecular weight is 354 g/mol. The SMILES string of the molecule is CC(=O)N1CCN(c2ccc3c(cnn3-c3ccc(F)c(O)c3)c2)CC1. The zero-order valence-corrected chi connectivity index (χ0v) is 14.4. The number of amides is 1. The van der Waals surface area contributed by atoms with E-state index in [9.17, 15) is 14.3 Å². The van der Waals surface area contributed by atoms with Gasteiger partial charge in [0.15, 0.2) is 11.6 Å². The fourth-order valence-electron chi connectivity index (χ4n) is 3.34. The van der Waals surface area contributed by atoms with Crippen molar-refractivity contribution >= 4 is 22.5 Å². The van der Waals surface area contributed by atoms with Crippen LogP contribution in [0.4, 0.5) is 10.1 Å². The van der Waals surface area contributed by atoms with Crippen LogP contribution in [-0.4, -0.2) is 51.9 Å². The van der Waals surface area contributed by atoms with Crippen molar-refractivity contribution in [3.8, 4) is 11.4 Å². The molecule has 6 nitrogen and oxygen atoms in total. The molecule has 0 radical (unpaired) electrons. The Kier molecular flexibility index (Phi) is 3.99. The second-order valence-corrected chi connectivity index (χ2v) is 6.43. The summed E-state index contributed by atoms with van der Waals surface area (Å²) in [6.07, 6.45) is 1.76. The molecule has 2 heterocycles. The van der Waals surface area contributed by atoms with Crippen LogP contribution in [0.2, 0.25) is 0 Å². The topological polar surface area (TPSA) is 61.6 Å². The highest BCUT2D eigenvalue weighted by Crippen LogP contribution is 2.26. The third-order valence-corrected chi connectivity index (χ3v) is 4.82. The molecule has 1 aliphatic rings. The predicted molar refractivity (Wildman–Crippen MR) is 97.2 cm³/mol. The molecular weight excluding hydrogens is 335 g/mol. The van der Waals surface area contributed by atoms with Crippen molar-refractivity contribution in [2.24, 2.45) is 0 Å². The highest BCUT2D eigenvalue weighted by molar-refractivity contribution is 5.84. The van der Waals surface area contributed by atoms with E-state index in [1.807, 2.05) is 17.0 Å². The maximum absolute atomic E-state index is 13.3. The predicted octanol–water partition coefficient (Wildman–Crippen LogP) is 2.54. The Labute approximate surface area is 150 Å². The zero-order chi connectivity index (χ0) is 18.3. The van der Waals surface area contributed by atoms with Gasteiger partial charge in [0.2, 0.25) is 5.91 Å². The number of carbonyl (C=O) groups excluding carboxylic acids is 1. The first-order chi connectivity index (χ1) is 12.5. The summed E-state index contributed by atoms with van der Waals surface area (Å²) in [7, 11) is 0. The Morgan fingerprint density at radius 3 is 2.50 bits per heavy atom. The van der Waals surface area contributed by atoms with E-state index in [1.165, 1.54) is 12.1 Å². The van der Waals surface area contributed by atoms with Crippen LogP contribution in [0, 0.1) is 5.82 Å². The Balaban J connectivity index is 1.61. The van der Waals surface area contributed by atoms with Gasteiger partial charge >= 0.3 is 0 Å². The number of aromatic hydroxyl groups is 1. The second-order valence-electron chi connectivity index (χ2n) is 6.43. The summed E-state index contributed by atoms with van der Waals surface area (Å²) in [5, 5.41) is 14.9. The average Bonchev–Trinajstić information content (AvgIpc) is 3.07. The molecule has 7 heteroatoms. The molecular formula is C19H19FN4O2. The van der Waals surface area contributed by atoms with Gasteiger partial charge in [0.1, 0.15) is 0 Å². The molecule has 0 aliphatic carbocycles. The Hall–Kier alpha value is -3.09. The lowest BCUT2D eigenvalue weighted by molar-refractivity contribution is -0.129. The third kappa shape index (κ3) is 2.85. The number of hydrogen-bond acceptors (Lipinski definition) is 4. The van der Waals surface area contributed by atoms with Crippen LogP contribution < -0.4 is 4.90 Å². The van der Waals surface area contributed by atoms with E-state index in [-0.39, 0.29) is 5.91 Å². The summed E-state index contributed by atoms with van der Waals surface area (Å²) in [6, 6.07) is 10.2. The number of carbonyl (C=O) groups is 1. The van der Waals surface area contributed by atoms with Crippen molar-refractivity contribution in [2.45, 2.75) is 6.92 Å². The minimum atomic E-state index is -0.655. The number of rotatable bonds is 2. The lowest BCUT2D eigenvalue weighted by Crippen LogP contribution is -2.48. The molecule has 0 spiro atoms. The maximum atomic E-state index is 13.3. The summed E-state index contributed by atoms with van der Waals surface area (Å²) < 4.78 is 15.0. The van der Waals surface area contributed by atoms with E-state index in [0.717, 1.165) is 42.8 Å². The van der Waals surface area contributed by atoms with E-state index in [1.54, 1.807) is 23.9 Å². The molecule has 0 saturated carbocycles. The molecule has 1 aromatic heterocycles. The molecule has 1 fully saturated rings. The molecule has 26 heavy (non-hydrogen) atoms. The monoisotopic (exact) mass is 354 g/mol. The lowest BCUT2D eigenvalue weighted by Gasteiger charge is -2.35. The van der Waals surface area contributed by atoms with Gasteiger partial charge in [-0.25, -0.2) is 9.07 Å². The van der Waals surface area contributed by atoms with Crippen molar-refractivity contribution in [1.29, 1.82) is 0 Å². The van der Waals surface area contributed by atoms with E-state index in [0.29, 0.717) is 5.69 Å². The Morgan fingerprint density at radius 1 is 1.08 bits per heavy atom. The van der Waals surface area contributed by atoms with Gasteiger partial charge < -0.3 is 14.9 Å². The number of fused-ring (bicyclic) bond motifs is 1. The molecule has 4 rings (SSSR count). The van der Waals surface area contributed by atoms with Gasteiger partial charge in [-0.2, -0.15) is 5.10 Å². The molecule has 3 aromatic rings. The fraction of sp³-hybridized carbons (Fsp3) is 0.263. The summed E-state index contributed by atoms with van der Waals surface area (Å²) >= 11 is 0. The summed E-state index contributed by atoms with van der Waals surface area (Å²) in [5.74, 6) is -0.938. The van der Waals surface area contributed by atoms with Gasteiger partial charge in [-0.05, 0) is 30.3 Å². The molecule has 1 N–H and O–H groups in total. The summed E-state index contributed by atoms with van der Waals surface area (Å²) in [6.45, 7) is 4.64. The van der Waals surface area contributed by atoms with E-state index in [4.69, 9.17) is 0 Å². The molecule has 0 atom stereocenters. The second kappa shape index (κ2) is 6.33. The van der Waals surface area contributed by atoms with Crippen LogP contribution in [0.25, 0.3) is 16.6 Å². The smallest absolute Gasteiger partial charge is 0.219 e. The van der Waals surface area contributed by atoms with E-state index in [2.05, 4.69) is 16.1 Å². The fourth-order valence-corrected chi connectivity index (χ4v) is 3.34. The number of aromatic nitrogens is 2. The number of benzene rings is 2. The summed E-state index contributed by atoms with van der Waals surface area (Å²) in [5.41, 5.74) is 2.56. The first-order valence-corrected chi connectivity index (χ1v) is 8.50. The van der Waals surface area contributed by atoms with Gasteiger partial charge in [0, 0.05) is 50.2 Å². The molecule has 1 saturated heterocycles. The largest absolute Gasteiger partial charge is 0.505 e. The number of hydrogen-bond donors (Lipinski definition) is 1. The normalized spacial score (nSPS) is 14.8. The van der Waals surface area contributed by atoms with Crippen LogP contribution in [-0.2, 0) is 4.79 Å². The number of phenols is 1. The number of halogens is 1. The number of anilines is 1. The standard InChI is InChI=1S/C19H19FN4O2/c1-13(25)22-6-8-23(9-7-22)15-3-5-18-14(10-15)12-21-24(18)16-2-4-17(20)19(26)11-16/h2-5,10-12,26H,6-9H2,1H3. The number of piperazine rings is 1. The van der Waals surface area contributed by atoms with Gasteiger partial charge in [-0.3, -0.25) is 4.79 Å². The van der Waals surface area contributed by atoms with Crippen LogP contribution in [0.1, 0.15) is 6.92 Å². The molecule has 1 amide bonds. The summed E-state index contributed by atoms with van der Waals surface area (Å²) in [4.78, 5) is 15.6. The zero-order valence-electron chi connectivity index (χ0n) is 14.4. The van der Waals surface area contributed by atoms with Crippen molar-refractivity contribution in [1.82, 2.24) is 14.7 Å². The molecule has 0 unspecified atom stereocenters. The van der Waals surface area contributed by atoms with Gasteiger partial charge in [-0.15, -0.1) is 0 Å². The first kappa shape index (κ1) is 16.4. The third-order valence-electron chi connectivity index (χ3n) is 4.82. The van der Waals surface area contributed by atoms with Crippen molar-refractivity contribution in [3.05, 3.63) is 48.4 Å². The van der Waals surface area contributed by atoms with E-state index < -0.39 is 11.6 Å². The van der Waals surface area contributed by atoms with Crippen LogP contribution >= 0.6 is 0 Å². The molecule has 2 aromatic carbocycles. The highest BCUT2D eigenvalue weighted by atomic mass is 19.1. The first-order valence-electron chi connectivity index (χ1n) is 8.50. The van der Waals surface area contributed by atoms with Crippen molar-refractivity contribution < 1.29 is 14.3 Å². The van der Waals surface area contributed by atoms with Gasteiger partial charge in [-0.1, -0.05) is 0 Å². The van der Waals surface area contributed by atoms with Crippen molar-refractivity contribution in [3.63, 3.8) is 0 Å². The van der Waals surface area contributed by atoms with Gasteiger partial charge in [0.25, 0.3) is 0 Å². The quantitative estimate of drug-likeness (QED) is 0.768. The number of phenolic OH excluding ortho intramolecular Hbond substituents is 1. The van der Waals surface area contributed by atoms with E-state index >= 15 is 0 Å².